The highest BCUT2D eigenvalue weighted by atomic mass is 32.2. The van der Waals surface area contributed by atoms with Crippen molar-refractivity contribution in [3.8, 4) is 11.5 Å². The molecule has 1 aliphatic heterocycles. The van der Waals surface area contributed by atoms with Crippen molar-refractivity contribution in [2.75, 3.05) is 10.2 Å². The number of thioether (sulfide) groups is 1. The topological polar surface area (TPSA) is 122 Å². The average molecular weight is 671 g/mol. The van der Waals surface area contributed by atoms with Crippen molar-refractivity contribution in [3.63, 3.8) is 0 Å². The van der Waals surface area contributed by atoms with Crippen LogP contribution in [0.4, 0.5) is 11.4 Å². The molecule has 1 fully saturated rings. The minimum atomic E-state index is -0.639. The predicted octanol–water partition coefficient (Wildman–Crippen LogP) is 7.39. The van der Waals surface area contributed by atoms with E-state index in [2.05, 4.69) is 15.6 Å². The molecule has 1 saturated heterocycles. The molecule has 11 heteroatoms. The molecule has 0 saturated carbocycles. The highest BCUT2D eigenvalue weighted by Crippen LogP contribution is 2.36. The van der Waals surface area contributed by atoms with E-state index in [-0.39, 0.29) is 23.9 Å². The van der Waals surface area contributed by atoms with Crippen molar-refractivity contribution >= 4 is 75.3 Å². The third kappa shape index (κ3) is 6.68. The summed E-state index contributed by atoms with van der Waals surface area (Å²) in [7, 11) is 0. The molecule has 0 bridgehead atoms. The number of carbonyl (C=O) groups is 4. The zero-order chi connectivity index (χ0) is 33.0. The summed E-state index contributed by atoms with van der Waals surface area (Å²) in [6.07, 6.45) is 1.66. The normalized spacial score (nSPS) is 14.8. The lowest BCUT2D eigenvalue weighted by molar-refractivity contribution is -0.121. The minimum absolute atomic E-state index is 0.0339. The molecule has 0 unspecified atom stereocenters. The number of fused-ring (bicyclic) bond motifs is 1. The lowest BCUT2D eigenvalue weighted by Crippen LogP contribution is -2.31. The Morgan fingerprint density at radius 3 is 2.46 bits per heavy atom. The van der Waals surface area contributed by atoms with Gasteiger partial charge in [0.1, 0.15) is 11.2 Å². The second-order valence-corrected chi connectivity index (χ2v) is 13.0. The Kier molecular flexibility index (Phi) is 8.69. The number of nitrogens with one attached hydrogen (secondary N) is 2. The molecule has 48 heavy (non-hydrogen) atoms. The number of thiophene rings is 1. The van der Waals surface area contributed by atoms with Gasteiger partial charge in [0.05, 0.1) is 10.9 Å². The van der Waals surface area contributed by atoms with Crippen molar-refractivity contribution in [2.24, 2.45) is 0 Å². The van der Waals surface area contributed by atoms with E-state index in [1.165, 1.54) is 28.0 Å². The Morgan fingerprint density at radius 1 is 0.896 bits per heavy atom. The average Bonchev–Trinajstić information content (AvgIpc) is 3.84. The maximum absolute atomic E-state index is 13.5. The minimum Gasteiger partial charge on any atom is -0.436 e. The summed E-state index contributed by atoms with van der Waals surface area (Å²) in [6, 6.07) is 33.8. The van der Waals surface area contributed by atoms with Gasteiger partial charge in [-0.15, -0.1) is 23.1 Å². The number of para-hydroxylation sites is 2. The van der Waals surface area contributed by atoms with Crippen molar-refractivity contribution in [1.29, 1.82) is 0 Å². The van der Waals surface area contributed by atoms with Gasteiger partial charge >= 0.3 is 0 Å². The van der Waals surface area contributed by atoms with Crippen LogP contribution in [0.1, 0.15) is 21.7 Å². The molecule has 2 N–H and O–H groups in total. The molecule has 9 nitrogen and oxygen atoms in total. The summed E-state index contributed by atoms with van der Waals surface area (Å²) in [4.78, 5) is 60.0. The summed E-state index contributed by atoms with van der Waals surface area (Å²) in [5.74, 6) is -1.08. The van der Waals surface area contributed by atoms with Crippen molar-refractivity contribution < 1.29 is 23.6 Å². The number of aromatic nitrogens is 1. The third-order valence-corrected chi connectivity index (χ3v) is 9.50. The first-order valence-electron chi connectivity index (χ1n) is 14.9. The van der Waals surface area contributed by atoms with Crippen LogP contribution in [-0.4, -0.2) is 33.9 Å². The molecule has 3 heterocycles. The van der Waals surface area contributed by atoms with Gasteiger partial charge in [-0.05, 0) is 84.3 Å². The second-order valence-electron chi connectivity index (χ2n) is 10.8. The Hall–Kier alpha value is -5.78. The van der Waals surface area contributed by atoms with Crippen LogP contribution in [0, 0.1) is 0 Å². The summed E-state index contributed by atoms with van der Waals surface area (Å²) in [5, 5.41) is 6.82. The van der Waals surface area contributed by atoms with Gasteiger partial charge in [-0.2, -0.15) is 0 Å². The van der Waals surface area contributed by atoms with Gasteiger partial charge in [-0.1, -0.05) is 42.5 Å². The fraction of sp³-hybridized carbons (Fsp3) is 0.0541. The van der Waals surface area contributed by atoms with E-state index < -0.39 is 17.1 Å². The smallest absolute Gasteiger partial charge is 0.272 e. The molecule has 0 aliphatic carbocycles. The Balaban J connectivity index is 1.03. The van der Waals surface area contributed by atoms with E-state index in [0.29, 0.717) is 33.3 Å². The van der Waals surface area contributed by atoms with Crippen LogP contribution in [0.3, 0.4) is 0 Å². The first kappa shape index (κ1) is 30.9. The standard InChI is InChI=1S/C37H26N4O5S2/c42-33-22-32(37(45)41(33)26-17-15-24(16-18-26)36-40-29-13-4-5-14-31(29)46-36)48-28-11-6-10-25(20-28)38-35(44)30(21-27-12-7-19-47-27)39-34(43)23-8-2-1-3-9-23/h1-21,32H,22H2,(H,38,44)(H,39,43)/b30-21+/t32-/m0/s1. The maximum Gasteiger partial charge on any atom is 0.272 e. The van der Waals surface area contributed by atoms with E-state index in [4.69, 9.17) is 4.42 Å². The molecule has 236 valence electrons. The summed E-state index contributed by atoms with van der Waals surface area (Å²) in [5.41, 5.74) is 3.59. The molecule has 0 spiro atoms. The number of nitrogens with zero attached hydrogens (tertiary/aromatic N) is 2. The van der Waals surface area contributed by atoms with Gasteiger partial charge in [-0.3, -0.25) is 19.2 Å². The number of imide groups is 1. The fourth-order valence-electron chi connectivity index (χ4n) is 5.18. The van der Waals surface area contributed by atoms with Crippen LogP contribution in [0.2, 0.25) is 0 Å². The van der Waals surface area contributed by atoms with Crippen LogP contribution in [0.5, 0.6) is 0 Å². The van der Waals surface area contributed by atoms with E-state index >= 15 is 0 Å². The molecule has 4 amide bonds. The number of oxazole rings is 1. The second kappa shape index (κ2) is 13.5. The van der Waals surface area contributed by atoms with Gasteiger partial charge in [-0.25, -0.2) is 9.88 Å². The molecular weight excluding hydrogens is 645 g/mol. The van der Waals surface area contributed by atoms with Crippen molar-refractivity contribution in [1.82, 2.24) is 10.3 Å². The van der Waals surface area contributed by atoms with Crippen LogP contribution in [-0.2, 0) is 14.4 Å². The monoisotopic (exact) mass is 670 g/mol. The van der Waals surface area contributed by atoms with Crippen LogP contribution < -0.4 is 15.5 Å². The Labute approximate surface area is 283 Å². The highest BCUT2D eigenvalue weighted by molar-refractivity contribution is 8.00. The molecular formula is C37H26N4O5S2. The maximum atomic E-state index is 13.5. The van der Waals surface area contributed by atoms with Gasteiger partial charge < -0.3 is 15.1 Å². The van der Waals surface area contributed by atoms with E-state index in [0.717, 1.165) is 16.0 Å². The van der Waals surface area contributed by atoms with Crippen LogP contribution in [0.15, 0.2) is 136 Å². The van der Waals surface area contributed by atoms with Gasteiger partial charge in [0.25, 0.3) is 11.8 Å². The first-order chi connectivity index (χ1) is 23.4. The number of anilines is 2. The van der Waals surface area contributed by atoms with Gasteiger partial charge in [0, 0.05) is 33.0 Å². The molecule has 2 aromatic heterocycles. The number of hydrogen-bond donors (Lipinski definition) is 2. The lowest BCUT2D eigenvalue weighted by Gasteiger charge is -2.15. The van der Waals surface area contributed by atoms with Crippen LogP contribution in [0.25, 0.3) is 28.6 Å². The quantitative estimate of drug-likeness (QED) is 0.122. The van der Waals surface area contributed by atoms with Crippen molar-refractivity contribution in [2.45, 2.75) is 16.6 Å². The van der Waals surface area contributed by atoms with E-state index in [1.54, 1.807) is 72.8 Å². The summed E-state index contributed by atoms with van der Waals surface area (Å²) in [6.45, 7) is 0. The largest absolute Gasteiger partial charge is 0.436 e. The zero-order valence-corrected chi connectivity index (χ0v) is 26.8. The Morgan fingerprint density at radius 2 is 1.69 bits per heavy atom. The third-order valence-electron chi connectivity index (χ3n) is 7.50. The van der Waals surface area contributed by atoms with E-state index in [1.807, 2.05) is 53.9 Å². The van der Waals surface area contributed by atoms with Gasteiger partial charge in [0.15, 0.2) is 5.58 Å². The number of rotatable bonds is 9. The van der Waals surface area contributed by atoms with Gasteiger partial charge in [0.2, 0.25) is 17.7 Å². The molecule has 7 rings (SSSR count). The summed E-state index contributed by atoms with van der Waals surface area (Å²) >= 11 is 2.69. The SMILES string of the molecule is O=C(Nc1cccc(S[C@H]2CC(=O)N(c3ccc(-c4nc5ccccc5o4)cc3)C2=O)c1)/C(=C\c1cccs1)NC(=O)c1ccccc1. The number of carbonyl (C=O) groups excluding carboxylic acids is 4. The number of amides is 4. The van der Waals surface area contributed by atoms with Crippen LogP contribution >= 0.6 is 23.1 Å². The summed E-state index contributed by atoms with van der Waals surface area (Å²) < 4.78 is 5.84. The molecule has 1 aliphatic rings. The molecule has 4 aromatic carbocycles. The number of hydrogen-bond acceptors (Lipinski definition) is 8. The molecule has 1 atom stereocenters. The zero-order valence-electron chi connectivity index (χ0n) is 25.2. The van der Waals surface area contributed by atoms with Crippen molar-refractivity contribution in [3.05, 3.63) is 137 Å². The highest BCUT2D eigenvalue weighted by Gasteiger charge is 2.40. The lowest BCUT2D eigenvalue weighted by atomic mass is 10.2. The fourth-order valence-corrected chi connectivity index (χ4v) is 6.95. The molecule has 6 aromatic rings. The first-order valence-corrected chi connectivity index (χ1v) is 16.7. The molecule has 0 radical (unpaired) electrons. The van der Waals surface area contributed by atoms with E-state index in [9.17, 15) is 19.2 Å². The number of benzene rings is 4. The Bertz CT molecular complexity index is 2140. The predicted molar refractivity (Wildman–Crippen MR) is 187 cm³/mol.